The Hall–Kier alpha value is -2.39. The quantitative estimate of drug-likeness (QED) is 0.594. The molecule has 22 heavy (non-hydrogen) atoms. The van der Waals surface area contributed by atoms with Crippen LogP contribution in [0.4, 0.5) is 0 Å². The van der Waals surface area contributed by atoms with Crippen LogP contribution in [0.15, 0.2) is 49.0 Å². The minimum absolute atomic E-state index is 0.0207. The Bertz CT molecular complexity index is 744. The Morgan fingerprint density at radius 1 is 1.23 bits per heavy atom. The predicted molar refractivity (Wildman–Crippen MR) is 86.4 cm³/mol. The third kappa shape index (κ3) is 2.55. The predicted octanol–water partition coefficient (Wildman–Crippen LogP) is 3.20. The summed E-state index contributed by atoms with van der Waals surface area (Å²) >= 11 is 0. The van der Waals surface area contributed by atoms with Crippen LogP contribution in [0.1, 0.15) is 23.6 Å². The number of hydrogen-bond acceptors (Lipinski definition) is 3. The number of esters is 1. The lowest BCUT2D eigenvalue weighted by molar-refractivity contribution is -0.139. The van der Waals surface area contributed by atoms with E-state index in [0.717, 1.165) is 23.1 Å². The van der Waals surface area contributed by atoms with E-state index in [4.69, 9.17) is 4.74 Å². The van der Waals surface area contributed by atoms with Gasteiger partial charge in [0.2, 0.25) is 0 Å². The number of rotatable bonds is 4. The van der Waals surface area contributed by atoms with Crippen molar-refractivity contribution >= 4 is 11.5 Å². The van der Waals surface area contributed by atoms with Crippen LogP contribution in [0.2, 0.25) is 0 Å². The van der Waals surface area contributed by atoms with Crippen LogP contribution in [0.25, 0.3) is 16.7 Å². The third-order valence-electron chi connectivity index (χ3n) is 3.88. The van der Waals surface area contributed by atoms with Crippen molar-refractivity contribution in [1.82, 2.24) is 0 Å². The topological polar surface area (TPSA) is 46.5 Å². The van der Waals surface area contributed by atoms with Crippen LogP contribution in [0, 0.1) is 0 Å². The number of aliphatic hydroxyl groups is 1. The molecule has 112 valence electrons. The van der Waals surface area contributed by atoms with E-state index in [9.17, 15) is 9.90 Å². The molecular weight excluding hydrogens is 276 g/mol. The van der Waals surface area contributed by atoms with Gasteiger partial charge in [-0.3, -0.25) is 0 Å². The highest BCUT2D eigenvalue weighted by Gasteiger charge is 2.23. The molecule has 0 bridgehead atoms. The Kier molecular flexibility index (Phi) is 3.82. The highest BCUT2D eigenvalue weighted by molar-refractivity contribution is 6.16. The molecule has 3 nitrogen and oxygen atoms in total. The first-order chi connectivity index (χ1) is 10.6. The van der Waals surface area contributed by atoms with Crippen LogP contribution in [0.3, 0.4) is 0 Å². The van der Waals surface area contributed by atoms with Crippen molar-refractivity contribution in [1.29, 1.82) is 0 Å². The second-order valence-corrected chi connectivity index (χ2v) is 5.59. The van der Waals surface area contributed by atoms with Gasteiger partial charge in [-0.1, -0.05) is 49.0 Å². The van der Waals surface area contributed by atoms with Crippen molar-refractivity contribution in [2.45, 2.75) is 19.4 Å². The SMILES string of the molecule is C=C(C(=O)OCC(C)O)c1cccc2c1Cc1ccccc1-2. The molecule has 0 heterocycles. The molecule has 1 atom stereocenters. The summed E-state index contributed by atoms with van der Waals surface area (Å²) < 4.78 is 5.07. The molecule has 0 radical (unpaired) electrons. The number of hydrogen-bond donors (Lipinski definition) is 1. The molecule has 1 unspecified atom stereocenters. The standard InChI is InChI=1S/C19H18O3/c1-12(20)11-22-19(21)13(2)15-8-5-9-17-16-7-4-3-6-14(16)10-18(15)17/h3-9,12,20H,2,10-11H2,1H3. The molecule has 0 fully saturated rings. The zero-order valence-electron chi connectivity index (χ0n) is 12.5. The highest BCUT2D eigenvalue weighted by Crippen LogP contribution is 2.39. The first-order valence-corrected chi connectivity index (χ1v) is 7.32. The van der Waals surface area contributed by atoms with E-state index in [1.165, 1.54) is 11.1 Å². The van der Waals surface area contributed by atoms with Gasteiger partial charge in [0.05, 0.1) is 11.7 Å². The van der Waals surface area contributed by atoms with Crippen molar-refractivity contribution in [3.63, 3.8) is 0 Å². The largest absolute Gasteiger partial charge is 0.459 e. The summed E-state index contributed by atoms with van der Waals surface area (Å²) in [5.74, 6) is -0.481. The van der Waals surface area contributed by atoms with Crippen molar-refractivity contribution in [2.75, 3.05) is 6.61 Å². The third-order valence-corrected chi connectivity index (χ3v) is 3.88. The zero-order valence-corrected chi connectivity index (χ0v) is 12.5. The first-order valence-electron chi connectivity index (χ1n) is 7.32. The van der Waals surface area contributed by atoms with Crippen molar-refractivity contribution < 1.29 is 14.6 Å². The van der Waals surface area contributed by atoms with Gasteiger partial charge in [-0.05, 0) is 41.2 Å². The van der Waals surface area contributed by atoms with Gasteiger partial charge in [0.25, 0.3) is 0 Å². The van der Waals surface area contributed by atoms with Crippen molar-refractivity contribution in [3.8, 4) is 11.1 Å². The number of benzene rings is 2. The second kappa shape index (κ2) is 5.78. The minimum atomic E-state index is -0.678. The van der Waals surface area contributed by atoms with E-state index in [0.29, 0.717) is 5.57 Å². The molecule has 0 aliphatic heterocycles. The monoisotopic (exact) mass is 294 g/mol. The lowest BCUT2D eigenvalue weighted by atomic mass is 9.96. The first kappa shape index (κ1) is 14.5. The molecule has 0 saturated heterocycles. The maximum Gasteiger partial charge on any atom is 0.338 e. The van der Waals surface area contributed by atoms with Gasteiger partial charge in [-0.25, -0.2) is 4.79 Å². The van der Waals surface area contributed by atoms with Crippen LogP contribution in [0.5, 0.6) is 0 Å². The fourth-order valence-electron chi connectivity index (χ4n) is 2.83. The Labute approximate surface area is 129 Å². The average molecular weight is 294 g/mol. The Morgan fingerprint density at radius 2 is 1.95 bits per heavy atom. The van der Waals surface area contributed by atoms with Gasteiger partial charge in [-0.15, -0.1) is 0 Å². The molecule has 0 spiro atoms. The summed E-state index contributed by atoms with van der Waals surface area (Å²) in [6.45, 7) is 5.44. The number of carbonyl (C=O) groups excluding carboxylic acids is 1. The summed E-state index contributed by atoms with van der Waals surface area (Å²) in [5, 5.41) is 9.22. The number of ether oxygens (including phenoxy) is 1. The van der Waals surface area contributed by atoms with Crippen LogP contribution >= 0.6 is 0 Å². The summed E-state index contributed by atoms with van der Waals surface area (Å²) in [5.41, 5.74) is 5.90. The maximum atomic E-state index is 12.1. The van der Waals surface area contributed by atoms with E-state index >= 15 is 0 Å². The van der Waals surface area contributed by atoms with E-state index in [1.807, 2.05) is 24.3 Å². The molecular formula is C19H18O3. The highest BCUT2D eigenvalue weighted by atomic mass is 16.5. The minimum Gasteiger partial charge on any atom is -0.459 e. The van der Waals surface area contributed by atoms with Crippen molar-refractivity contribution in [3.05, 3.63) is 65.7 Å². The summed E-state index contributed by atoms with van der Waals surface area (Å²) in [6, 6.07) is 14.1. The van der Waals surface area contributed by atoms with Gasteiger partial charge < -0.3 is 9.84 Å². The number of carbonyl (C=O) groups is 1. The van der Waals surface area contributed by atoms with Gasteiger partial charge in [0, 0.05) is 0 Å². The Balaban J connectivity index is 1.91. The Morgan fingerprint density at radius 3 is 2.73 bits per heavy atom. The molecule has 3 rings (SSSR count). The fraction of sp³-hybridized carbons (Fsp3) is 0.211. The van der Waals surface area contributed by atoms with E-state index in [1.54, 1.807) is 6.92 Å². The molecule has 2 aromatic carbocycles. The van der Waals surface area contributed by atoms with E-state index < -0.39 is 12.1 Å². The van der Waals surface area contributed by atoms with Crippen LogP contribution < -0.4 is 0 Å². The molecule has 1 aliphatic carbocycles. The number of aliphatic hydroxyl groups excluding tert-OH is 1. The lowest BCUT2D eigenvalue weighted by Gasteiger charge is -2.12. The molecule has 3 heteroatoms. The second-order valence-electron chi connectivity index (χ2n) is 5.59. The normalized spacial score (nSPS) is 13.2. The van der Waals surface area contributed by atoms with E-state index in [-0.39, 0.29) is 6.61 Å². The van der Waals surface area contributed by atoms with Gasteiger partial charge >= 0.3 is 5.97 Å². The fourth-order valence-corrected chi connectivity index (χ4v) is 2.83. The van der Waals surface area contributed by atoms with E-state index in [2.05, 4.69) is 24.8 Å². The molecule has 0 aromatic heterocycles. The average Bonchev–Trinajstić information content (AvgIpc) is 2.90. The lowest BCUT2D eigenvalue weighted by Crippen LogP contribution is -2.16. The summed E-state index contributed by atoms with van der Waals surface area (Å²) in [4.78, 5) is 12.1. The summed E-state index contributed by atoms with van der Waals surface area (Å²) in [6.07, 6.45) is 0.118. The van der Waals surface area contributed by atoms with Crippen molar-refractivity contribution in [2.24, 2.45) is 0 Å². The smallest absolute Gasteiger partial charge is 0.338 e. The number of fused-ring (bicyclic) bond motifs is 3. The maximum absolute atomic E-state index is 12.1. The van der Waals surface area contributed by atoms with Gasteiger partial charge in [-0.2, -0.15) is 0 Å². The summed E-state index contributed by atoms with van der Waals surface area (Å²) in [7, 11) is 0. The van der Waals surface area contributed by atoms with Crippen LogP contribution in [-0.2, 0) is 16.0 Å². The molecule has 1 N–H and O–H groups in total. The molecule has 2 aromatic rings. The van der Waals surface area contributed by atoms with Crippen LogP contribution in [-0.4, -0.2) is 23.8 Å². The van der Waals surface area contributed by atoms with Gasteiger partial charge in [0.15, 0.2) is 0 Å². The molecule has 1 aliphatic rings. The zero-order chi connectivity index (χ0) is 15.7. The molecule has 0 saturated carbocycles. The van der Waals surface area contributed by atoms with Gasteiger partial charge in [0.1, 0.15) is 6.61 Å². The molecule has 0 amide bonds.